The van der Waals surface area contributed by atoms with Crippen molar-refractivity contribution in [3.05, 3.63) is 52.3 Å². The quantitative estimate of drug-likeness (QED) is 0.870. The Hall–Kier alpha value is -1.29. The first-order valence-corrected chi connectivity index (χ1v) is 7.11. The molecule has 0 atom stereocenters. The summed E-state index contributed by atoms with van der Waals surface area (Å²) in [6.07, 6.45) is 3.44. The number of benzene rings is 1. The summed E-state index contributed by atoms with van der Waals surface area (Å²) in [6.45, 7) is 4.91. The van der Waals surface area contributed by atoms with Crippen LogP contribution in [0.15, 0.2) is 36.7 Å². The van der Waals surface area contributed by atoms with Crippen LogP contribution in [0.1, 0.15) is 19.4 Å². The first kappa shape index (κ1) is 15.1. The smallest absolute Gasteiger partial charge is 0.150 e. The number of aromatic nitrogens is 1. The number of ether oxygens (including phenoxy) is 1. The average molecular weight is 311 g/mol. The minimum absolute atomic E-state index is 0.404. The molecule has 106 valence electrons. The second kappa shape index (κ2) is 6.93. The van der Waals surface area contributed by atoms with Gasteiger partial charge in [0.1, 0.15) is 11.5 Å². The molecular formula is C15H16Cl2N2O. The van der Waals surface area contributed by atoms with Crippen molar-refractivity contribution in [3.63, 3.8) is 0 Å². The van der Waals surface area contributed by atoms with Crippen LogP contribution in [0.3, 0.4) is 0 Å². The molecule has 0 radical (unpaired) electrons. The van der Waals surface area contributed by atoms with E-state index in [2.05, 4.69) is 24.1 Å². The van der Waals surface area contributed by atoms with Gasteiger partial charge >= 0.3 is 0 Å². The maximum Gasteiger partial charge on any atom is 0.150 e. The molecule has 0 aliphatic carbocycles. The molecule has 0 aliphatic heterocycles. The first-order chi connectivity index (χ1) is 9.56. The zero-order valence-electron chi connectivity index (χ0n) is 11.4. The van der Waals surface area contributed by atoms with E-state index in [-0.39, 0.29) is 0 Å². The molecule has 0 fully saturated rings. The van der Waals surface area contributed by atoms with Crippen LogP contribution < -0.4 is 10.1 Å². The van der Waals surface area contributed by atoms with Crippen LogP contribution in [0.4, 0.5) is 0 Å². The van der Waals surface area contributed by atoms with E-state index in [0.29, 0.717) is 27.6 Å². The standard InChI is InChI=1S/C15H16Cl2N2O/c1-10(2)19-8-11-5-6-18-9-15(11)20-12-3-4-13(16)14(17)7-12/h3-7,9-10,19H,8H2,1-2H3. The fourth-order valence-corrected chi connectivity index (χ4v) is 1.92. The summed E-state index contributed by atoms with van der Waals surface area (Å²) in [5, 5.41) is 4.33. The van der Waals surface area contributed by atoms with Gasteiger partial charge in [0.05, 0.1) is 16.2 Å². The topological polar surface area (TPSA) is 34.2 Å². The Bertz CT molecular complexity index is 588. The lowest BCUT2D eigenvalue weighted by Crippen LogP contribution is -2.22. The van der Waals surface area contributed by atoms with E-state index in [1.807, 2.05) is 6.07 Å². The summed E-state index contributed by atoms with van der Waals surface area (Å²) in [4.78, 5) is 4.10. The van der Waals surface area contributed by atoms with E-state index in [9.17, 15) is 0 Å². The van der Waals surface area contributed by atoms with Crippen LogP contribution in [0.5, 0.6) is 11.5 Å². The number of hydrogen-bond donors (Lipinski definition) is 1. The van der Waals surface area contributed by atoms with Crippen molar-refractivity contribution >= 4 is 23.2 Å². The molecule has 1 N–H and O–H groups in total. The van der Waals surface area contributed by atoms with E-state index in [4.69, 9.17) is 27.9 Å². The SMILES string of the molecule is CC(C)NCc1ccncc1Oc1ccc(Cl)c(Cl)c1. The Morgan fingerprint density at radius 2 is 2.00 bits per heavy atom. The molecule has 1 aromatic carbocycles. The van der Waals surface area contributed by atoms with Crippen molar-refractivity contribution in [2.24, 2.45) is 0 Å². The highest BCUT2D eigenvalue weighted by Crippen LogP contribution is 2.30. The van der Waals surface area contributed by atoms with E-state index in [0.717, 1.165) is 12.1 Å². The molecule has 1 heterocycles. The summed E-state index contributed by atoms with van der Waals surface area (Å²) >= 11 is 11.9. The largest absolute Gasteiger partial charge is 0.455 e. The molecular weight excluding hydrogens is 295 g/mol. The Balaban J connectivity index is 2.17. The third-order valence-corrected chi connectivity index (χ3v) is 3.43. The van der Waals surface area contributed by atoms with Gasteiger partial charge in [-0.1, -0.05) is 37.0 Å². The van der Waals surface area contributed by atoms with Gasteiger partial charge in [0.2, 0.25) is 0 Å². The third kappa shape index (κ3) is 4.10. The van der Waals surface area contributed by atoms with Crippen molar-refractivity contribution in [2.75, 3.05) is 0 Å². The number of nitrogens with zero attached hydrogens (tertiary/aromatic N) is 1. The lowest BCUT2D eigenvalue weighted by molar-refractivity contribution is 0.467. The highest BCUT2D eigenvalue weighted by Gasteiger charge is 2.07. The Labute approximate surface area is 128 Å². The minimum Gasteiger partial charge on any atom is -0.455 e. The molecule has 0 saturated carbocycles. The average Bonchev–Trinajstić information content (AvgIpc) is 2.42. The summed E-state index contributed by atoms with van der Waals surface area (Å²) in [7, 11) is 0. The number of pyridine rings is 1. The van der Waals surface area contributed by atoms with Crippen LogP contribution in [0.25, 0.3) is 0 Å². The Morgan fingerprint density at radius 3 is 2.70 bits per heavy atom. The number of nitrogens with one attached hydrogen (secondary N) is 1. The van der Waals surface area contributed by atoms with E-state index in [1.54, 1.807) is 30.6 Å². The zero-order chi connectivity index (χ0) is 14.5. The van der Waals surface area contributed by atoms with Crippen LogP contribution in [-0.4, -0.2) is 11.0 Å². The van der Waals surface area contributed by atoms with Gasteiger partial charge in [-0.15, -0.1) is 0 Å². The van der Waals surface area contributed by atoms with Crippen molar-refractivity contribution in [3.8, 4) is 11.5 Å². The van der Waals surface area contributed by atoms with Gasteiger partial charge in [-0.2, -0.15) is 0 Å². The Kier molecular flexibility index (Phi) is 5.24. The van der Waals surface area contributed by atoms with Crippen LogP contribution in [-0.2, 0) is 6.54 Å². The highest BCUT2D eigenvalue weighted by molar-refractivity contribution is 6.42. The molecule has 20 heavy (non-hydrogen) atoms. The maximum atomic E-state index is 5.98. The van der Waals surface area contributed by atoms with Crippen molar-refractivity contribution < 1.29 is 4.74 Å². The van der Waals surface area contributed by atoms with Crippen LogP contribution in [0.2, 0.25) is 10.0 Å². The van der Waals surface area contributed by atoms with Crippen molar-refractivity contribution in [1.29, 1.82) is 0 Å². The number of rotatable bonds is 5. The normalized spacial score (nSPS) is 10.8. The summed E-state index contributed by atoms with van der Waals surface area (Å²) in [5.41, 5.74) is 1.04. The van der Waals surface area contributed by atoms with Gasteiger partial charge in [-0.25, -0.2) is 0 Å². The maximum absolute atomic E-state index is 5.98. The molecule has 5 heteroatoms. The van der Waals surface area contributed by atoms with Gasteiger partial charge in [0.15, 0.2) is 0 Å². The molecule has 0 bridgehead atoms. The minimum atomic E-state index is 0.404. The molecule has 2 aromatic rings. The van der Waals surface area contributed by atoms with Gasteiger partial charge in [0, 0.05) is 30.4 Å². The molecule has 0 aliphatic rings. The molecule has 0 unspecified atom stereocenters. The fraction of sp³-hybridized carbons (Fsp3) is 0.267. The Morgan fingerprint density at radius 1 is 1.20 bits per heavy atom. The van der Waals surface area contributed by atoms with Gasteiger partial charge in [0.25, 0.3) is 0 Å². The summed E-state index contributed by atoms with van der Waals surface area (Å²) in [6, 6.07) is 7.52. The van der Waals surface area contributed by atoms with Crippen LogP contribution >= 0.6 is 23.2 Å². The molecule has 2 rings (SSSR count). The fourth-order valence-electron chi connectivity index (χ4n) is 1.63. The van der Waals surface area contributed by atoms with E-state index in [1.165, 1.54) is 0 Å². The summed E-state index contributed by atoms with van der Waals surface area (Å²) in [5.74, 6) is 1.34. The van der Waals surface area contributed by atoms with Crippen molar-refractivity contribution in [2.45, 2.75) is 26.4 Å². The predicted octanol–water partition coefficient (Wildman–Crippen LogP) is 4.68. The third-order valence-electron chi connectivity index (χ3n) is 2.69. The second-order valence-electron chi connectivity index (χ2n) is 4.70. The van der Waals surface area contributed by atoms with E-state index >= 15 is 0 Å². The van der Waals surface area contributed by atoms with Gasteiger partial charge < -0.3 is 10.1 Å². The van der Waals surface area contributed by atoms with Gasteiger partial charge in [-0.3, -0.25) is 4.98 Å². The first-order valence-electron chi connectivity index (χ1n) is 6.35. The lowest BCUT2D eigenvalue weighted by Gasteiger charge is -2.13. The summed E-state index contributed by atoms with van der Waals surface area (Å²) < 4.78 is 5.83. The van der Waals surface area contributed by atoms with Crippen LogP contribution in [0, 0.1) is 0 Å². The van der Waals surface area contributed by atoms with Crippen molar-refractivity contribution in [1.82, 2.24) is 10.3 Å². The van der Waals surface area contributed by atoms with Gasteiger partial charge in [-0.05, 0) is 18.2 Å². The number of halogens is 2. The molecule has 3 nitrogen and oxygen atoms in total. The monoisotopic (exact) mass is 310 g/mol. The molecule has 0 amide bonds. The molecule has 1 aromatic heterocycles. The molecule has 0 saturated heterocycles. The zero-order valence-corrected chi connectivity index (χ0v) is 12.9. The second-order valence-corrected chi connectivity index (χ2v) is 5.51. The highest BCUT2D eigenvalue weighted by atomic mass is 35.5. The van der Waals surface area contributed by atoms with E-state index < -0.39 is 0 Å². The lowest BCUT2D eigenvalue weighted by atomic mass is 10.2. The number of hydrogen-bond acceptors (Lipinski definition) is 3. The molecule has 0 spiro atoms. The predicted molar refractivity (Wildman–Crippen MR) is 82.7 cm³/mol.